The standard InChI is InChI=1S/C17H27NO2/c1-12(2)14-5-7-15(8-6-14)17(19)11-18(4)16-9-10-20-13(16)3/h5-8,12-13,16-17,19H,9-11H2,1-4H3. The van der Waals surface area contributed by atoms with Crippen LogP contribution in [0.4, 0.5) is 0 Å². The molecule has 0 bridgehead atoms. The van der Waals surface area contributed by atoms with Gasteiger partial charge in [-0.2, -0.15) is 0 Å². The maximum absolute atomic E-state index is 10.4. The molecule has 3 unspecified atom stereocenters. The van der Waals surface area contributed by atoms with E-state index in [-0.39, 0.29) is 6.10 Å². The molecule has 20 heavy (non-hydrogen) atoms. The summed E-state index contributed by atoms with van der Waals surface area (Å²) in [6.45, 7) is 7.95. The summed E-state index contributed by atoms with van der Waals surface area (Å²) in [6.07, 6.45) is 0.876. The fraction of sp³-hybridized carbons (Fsp3) is 0.647. The number of nitrogens with zero attached hydrogens (tertiary/aromatic N) is 1. The highest BCUT2D eigenvalue weighted by molar-refractivity contribution is 5.26. The zero-order valence-corrected chi connectivity index (χ0v) is 13.0. The van der Waals surface area contributed by atoms with Crippen molar-refractivity contribution in [2.24, 2.45) is 0 Å². The van der Waals surface area contributed by atoms with Crippen molar-refractivity contribution in [3.05, 3.63) is 35.4 Å². The summed E-state index contributed by atoms with van der Waals surface area (Å²) in [6, 6.07) is 8.74. The van der Waals surface area contributed by atoms with Crippen molar-refractivity contribution in [1.82, 2.24) is 4.90 Å². The first kappa shape index (κ1) is 15.5. The van der Waals surface area contributed by atoms with Crippen LogP contribution in [0, 0.1) is 0 Å². The Morgan fingerprint density at radius 1 is 1.25 bits per heavy atom. The molecule has 1 aromatic rings. The Bertz CT molecular complexity index is 416. The molecule has 1 aromatic carbocycles. The van der Waals surface area contributed by atoms with Crippen LogP contribution in [0.5, 0.6) is 0 Å². The molecule has 0 aromatic heterocycles. The van der Waals surface area contributed by atoms with Crippen LogP contribution in [0.15, 0.2) is 24.3 Å². The molecule has 0 saturated carbocycles. The number of hydrogen-bond acceptors (Lipinski definition) is 3. The fourth-order valence-electron chi connectivity index (χ4n) is 2.92. The van der Waals surface area contributed by atoms with E-state index in [1.165, 1.54) is 5.56 Å². The van der Waals surface area contributed by atoms with Crippen LogP contribution in [0.2, 0.25) is 0 Å². The van der Waals surface area contributed by atoms with Crippen molar-refractivity contribution >= 4 is 0 Å². The van der Waals surface area contributed by atoms with E-state index in [1.807, 2.05) is 12.1 Å². The maximum atomic E-state index is 10.4. The molecule has 0 spiro atoms. The number of ether oxygens (including phenoxy) is 1. The van der Waals surface area contributed by atoms with Crippen LogP contribution >= 0.6 is 0 Å². The quantitative estimate of drug-likeness (QED) is 0.898. The molecule has 112 valence electrons. The number of aliphatic hydroxyl groups excluding tert-OH is 1. The Labute approximate surface area is 122 Å². The second kappa shape index (κ2) is 6.70. The van der Waals surface area contributed by atoms with E-state index in [0.29, 0.717) is 18.5 Å². The van der Waals surface area contributed by atoms with Crippen molar-refractivity contribution in [2.75, 3.05) is 20.2 Å². The maximum Gasteiger partial charge on any atom is 0.0916 e. The molecule has 1 aliphatic heterocycles. The number of rotatable bonds is 5. The van der Waals surface area contributed by atoms with Gasteiger partial charge in [0.1, 0.15) is 0 Å². The largest absolute Gasteiger partial charge is 0.387 e. The lowest BCUT2D eigenvalue weighted by molar-refractivity contribution is 0.0579. The average Bonchev–Trinajstić information content (AvgIpc) is 2.85. The van der Waals surface area contributed by atoms with Gasteiger partial charge >= 0.3 is 0 Å². The van der Waals surface area contributed by atoms with Crippen LogP contribution in [0.3, 0.4) is 0 Å². The van der Waals surface area contributed by atoms with E-state index in [2.05, 4.69) is 44.9 Å². The van der Waals surface area contributed by atoms with Gasteiger partial charge in [-0.3, -0.25) is 4.90 Å². The van der Waals surface area contributed by atoms with Crippen LogP contribution in [0.1, 0.15) is 50.3 Å². The van der Waals surface area contributed by atoms with E-state index in [0.717, 1.165) is 18.6 Å². The summed E-state index contributed by atoms with van der Waals surface area (Å²) in [5.41, 5.74) is 2.31. The van der Waals surface area contributed by atoms with E-state index in [9.17, 15) is 5.11 Å². The van der Waals surface area contributed by atoms with E-state index in [1.54, 1.807) is 0 Å². The molecule has 2 rings (SSSR count). The second-order valence-corrected chi connectivity index (χ2v) is 6.21. The van der Waals surface area contributed by atoms with Gasteiger partial charge in [-0.25, -0.2) is 0 Å². The molecule has 0 radical (unpaired) electrons. The highest BCUT2D eigenvalue weighted by Crippen LogP contribution is 2.23. The van der Waals surface area contributed by atoms with Crippen molar-refractivity contribution in [3.8, 4) is 0 Å². The Morgan fingerprint density at radius 2 is 1.85 bits per heavy atom. The predicted molar refractivity (Wildman–Crippen MR) is 81.9 cm³/mol. The molecular formula is C17H27NO2. The van der Waals surface area contributed by atoms with Crippen molar-refractivity contribution in [3.63, 3.8) is 0 Å². The Hall–Kier alpha value is -0.900. The molecule has 0 amide bonds. The molecule has 0 aliphatic carbocycles. The van der Waals surface area contributed by atoms with Crippen LogP contribution in [-0.2, 0) is 4.74 Å². The van der Waals surface area contributed by atoms with Gasteiger partial charge < -0.3 is 9.84 Å². The predicted octanol–water partition coefficient (Wildman–Crippen LogP) is 2.95. The van der Waals surface area contributed by atoms with Gasteiger partial charge in [-0.15, -0.1) is 0 Å². The number of aliphatic hydroxyl groups is 1. The van der Waals surface area contributed by atoms with Crippen molar-refractivity contribution in [2.45, 2.75) is 51.4 Å². The van der Waals surface area contributed by atoms with Gasteiger partial charge in [0.2, 0.25) is 0 Å². The van der Waals surface area contributed by atoms with Crippen LogP contribution < -0.4 is 0 Å². The molecule has 3 nitrogen and oxygen atoms in total. The first-order chi connectivity index (χ1) is 9.49. The lowest BCUT2D eigenvalue weighted by Gasteiger charge is -2.28. The number of hydrogen-bond donors (Lipinski definition) is 1. The minimum Gasteiger partial charge on any atom is -0.387 e. The first-order valence-electron chi connectivity index (χ1n) is 7.58. The molecule has 3 heteroatoms. The molecule has 1 N–H and O–H groups in total. The molecule has 1 heterocycles. The van der Waals surface area contributed by atoms with Gasteiger partial charge in [0.25, 0.3) is 0 Å². The minimum atomic E-state index is -0.436. The molecular weight excluding hydrogens is 250 g/mol. The lowest BCUT2D eigenvalue weighted by Crippen LogP contribution is -2.39. The zero-order chi connectivity index (χ0) is 14.7. The van der Waals surface area contributed by atoms with Gasteiger partial charge in [-0.1, -0.05) is 38.1 Å². The molecule has 3 atom stereocenters. The monoisotopic (exact) mass is 277 g/mol. The summed E-state index contributed by atoms with van der Waals surface area (Å²) in [7, 11) is 2.07. The zero-order valence-electron chi connectivity index (χ0n) is 13.0. The SMILES string of the molecule is CC(C)c1ccc(C(O)CN(C)C2CCOC2C)cc1. The fourth-order valence-corrected chi connectivity index (χ4v) is 2.92. The van der Waals surface area contributed by atoms with Crippen LogP contribution in [-0.4, -0.2) is 42.4 Å². The Morgan fingerprint density at radius 3 is 2.35 bits per heavy atom. The normalized spacial score (nSPS) is 24.6. The van der Waals surface area contributed by atoms with E-state index < -0.39 is 6.10 Å². The van der Waals surface area contributed by atoms with Gasteiger partial charge in [0.15, 0.2) is 0 Å². The van der Waals surface area contributed by atoms with Crippen molar-refractivity contribution in [1.29, 1.82) is 0 Å². The highest BCUT2D eigenvalue weighted by atomic mass is 16.5. The third-order valence-corrected chi connectivity index (χ3v) is 4.35. The third kappa shape index (κ3) is 3.60. The van der Waals surface area contributed by atoms with Gasteiger partial charge in [0.05, 0.1) is 12.2 Å². The molecule has 1 saturated heterocycles. The Balaban J connectivity index is 1.95. The summed E-state index contributed by atoms with van der Waals surface area (Å²) < 4.78 is 5.59. The van der Waals surface area contributed by atoms with Gasteiger partial charge in [0, 0.05) is 19.2 Å². The summed E-state index contributed by atoms with van der Waals surface area (Å²) >= 11 is 0. The van der Waals surface area contributed by atoms with Crippen LogP contribution in [0.25, 0.3) is 0 Å². The molecule has 1 fully saturated rings. The third-order valence-electron chi connectivity index (χ3n) is 4.35. The molecule has 1 aliphatic rings. The Kier molecular flexibility index (Phi) is 5.19. The van der Waals surface area contributed by atoms with E-state index >= 15 is 0 Å². The summed E-state index contributed by atoms with van der Waals surface area (Å²) in [4.78, 5) is 2.22. The topological polar surface area (TPSA) is 32.7 Å². The van der Waals surface area contributed by atoms with Gasteiger partial charge in [-0.05, 0) is 37.4 Å². The summed E-state index contributed by atoms with van der Waals surface area (Å²) in [5, 5.41) is 10.4. The minimum absolute atomic E-state index is 0.260. The lowest BCUT2D eigenvalue weighted by atomic mass is 9.99. The van der Waals surface area contributed by atoms with E-state index in [4.69, 9.17) is 4.74 Å². The number of benzene rings is 1. The number of likely N-dealkylation sites (N-methyl/N-ethyl adjacent to an activating group) is 1. The average molecular weight is 277 g/mol. The second-order valence-electron chi connectivity index (χ2n) is 6.21. The van der Waals surface area contributed by atoms with Crippen molar-refractivity contribution < 1.29 is 9.84 Å². The first-order valence-corrected chi connectivity index (χ1v) is 7.58. The highest BCUT2D eigenvalue weighted by Gasteiger charge is 2.28. The smallest absolute Gasteiger partial charge is 0.0916 e. The summed E-state index contributed by atoms with van der Waals surface area (Å²) in [5.74, 6) is 0.528.